The maximum Gasteiger partial charge on any atom is 0.248 e. The predicted molar refractivity (Wildman–Crippen MR) is 111 cm³/mol. The molecule has 8 rings (SSSR count). The minimum Gasteiger partial charge on any atom is -0.309 e. The van der Waals surface area contributed by atoms with Gasteiger partial charge in [-0.25, -0.2) is 0 Å². The highest BCUT2D eigenvalue weighted by Gasteiger charge is 2.40. The summed E-state index contributed by atoms with van der Waals surface area (Å²) in [6, 6.07) is 27.3. The van der Waals surface area contributed by atoms with E-state index in [2.05, 4.69) is 77.2 Å². The topological polar surface area (TPSA) is 4.41 Å². The van der Waals surface area contributed by atoms with Gasteiger partial charge < -0.3 is 4.40 Å². The number of fused-ring (bicyclic) bond motifs is 6. The number of hydrogen-bond acceptors (Lipinski definition) is 0. The summed E-state index contributed by atoms with van der Waals surface area (Å²) in [4.78, 5) is 0. The van der Waals surface area contributed by atoms with Crippen LogP contribution in [0.5, 0.6) is 0 Å². The van der Waals surface area contributed by atoms with Crippen LogP contribution in [0.2, 0.25) is 0 Å². The largest absolute Gasteiger partial charge is 0.309 e. The fraction of sp³-hybridized carbons (Fsp3) is 0. The minimum atomic E-state index is 0.366. The minimum absolute atomic E-state index is 0.366. The van der Waals surface area contributed by atoms with E-state index in [9.17, 15) is 0 Å². The number of hydrogen-bond donors (Lipinski definition) is 0. The Balaban J connectivity index is 1.82. The molecule has 0 radical (unpaired) electrons. The molecule has 0 bridgehead atoms. The molecule has 4 heterocycles. The van der Waals surface area contributed by atoms with Crippen molar-refractivity contribution in [3.8, 4) is 11.1 Å². The number of benzene rings is 4. The number of para-hydroxylation sites is 2. The van der Waals surface area contributed by atoms with Crippen molar-refractivity contribution in [2.75, 3.05) is 0 Å². The van der Waals surface area contributed by atoms with Gasteiger partial charge in [0, 0.05) is 27.1 Å². The van der Waals surface area contributed by atoms with Crippen LogP contribution in [0.4, 0.5) is 0 Å². The van der Waals surface area contributed by atoms with E-state index in [0.717, 1.165) is 0 Å². The lowest BCUT2D eigenvalue weighted by Gasteiger charge is -2.19. The summed E-state index contributed by atoms with van der Waals surface area (Å²) in [5.74, 6) is 0. The Bertz CT molecular complexity index is 1590. The molecular formula is C24H12BN. The van der Waals surface area contributed by atoms with Gasteiger partial charge in [0.05, 0.1) is 11.0 Å². The first-order valence-electron chi connectivity index (χ1n) is 9.26. The second-order valence-corrected chi connectivity index (χ2v) is 7.72. The van der Waals surface area contributed by atoms with Gasteiger partial charge in [0.1, 0.15) is 0 Å². The zero-order chi connectivity index (χ0) is 16.6. The van der Waals surface area contributed by atoms with Crippen molar-refractivity contribution in [3.63, 3.8) is 0 Å². The molecule has 2 aliphatic heterocycles. The highest BCUT2D eigenvalue weighted by Crippen LogP contribution is 2.41. The molecule has 26 heavy (non-hydrogen) atoms. The van der Waals surface area contributed by atoms with E-state index in [1.807, 2.05) is 0 Å². The molecule has 0 N–H and O–H groups in total. The lowest BCUT2D eigenvalue weighted by molar-refractivity contribution is 1.38. The molecule has 0 amide bonds. The smallest absolute Gasteiger partial charge is 0.248 e. The molecule has 0 aliphatic carbocycles. The van der Waals surface area contributed by atoms with Gasteiger partial charge in [-0.1, -0.05) is 78.3 Å². The number of nitrogens with zero attached hydrogens (tertiary/aromatic N) is 1. The van der Waals surface area contributed by atoms with Gasteiger partial charge in [-0.05, 0) is 22.1 Å². The average Bonchev–Trinajstić information content (AvgIpc) is 3.32. The summed E-state index contributed by atoms with van der Waals surface area (Å²) in [6.45, 7) is 0.366. The highest BCUT2D eigenvalue weighted by atomic mass is 14.9. The second-order valence-electron chi connectivity index (χ2n) is 7.72. The molecular weight excluding hydrogens is 313 g/mol. The Morgan fingerprint density at radius 3 is 2.08 bits per heavy atom. The van der Waals surface area contributed by atoms with E-state index >= 15 is 0 Å². The summed E-state index contributed by atoms with van der Waals surface area (Å²) in [6.07, 6.45) is 0. The predicted octanol–water partition coefficient (Wildman–Crippen LogP) is 3.65. The van der Waals surface area contributed by atoms with E-state index in [4.69, 9.17) is 0 Å². The van der Waals surface area contributed by atoms with Gasteiger partial charge in [0.2, 0.25) is 6.71 Å². The molecule has 1 nitrogen and oxygen atoms in total. The third-order valence-corrected chi connectivity index (χ3v) is 6.73. The first-order valence-corrected chi connectivity index (χ1v) is 9.26. The SMILES string of the molecule is c1ccc2c(c1)B1c3cccc4c5cccc6c7ccc-2c1c7n(c34)c56. The van der Waals surface area contributed by atoms with Crippen LogP contribution in [0.25, 0.3) is 49.2 Å². The summed E-state index contributed by atoms with van der Waals surface area (Å²) in [5, 5.41) is 5.57. The van der Waals surface area contributed by atoms with E-state index in [-0.39, 0.29) is 0 Å². The second kappa shape index (κ2) is 3.63. The van der Waals surface area contributed by atoms with E-state index in [0.29, 0.717) is 6.71 Å². The maximum absolute atomic E-state index is 2.56. The fourth-order valence-corrected chi connectivity index (χ4v) is 5.88. The van der Waals surface area contributed by atoms with Crippen LogP contribution in [0.3, 0.4) is 0 Å². The van der Waals surface area contributed by atoms with Crippen LogP contribution >= 0.6 is 0 Å². The zero-order valence-corrected chi connectivity index (χ0v) is 14.0. The number of rotatable bonds is 0. The van der Waals surface area contributed by atoms with Crippen LogP contribution < -0.4 is 16.4 Å². The van der Waals surface area contributed by atoms with Crippen LogP contribution in [-0.4, -0.2) is 11.1 Å². The molecule has 2 aliphatic rings. The van der Waals surface area contributed by atoms with Crippen molar-refractivity contribution in [3.05, 3.63) is 72.8 Å². The van der Waals surface area contributed by atoms with Gasteiger partial charge >= 0.3 is 0 Å². The lowest BCUT2D eigenvalue weighted by Crippen LogP contribution is -2.51. The normalized spacial score (nSPS) is 14.1. The molecule has 116 valence electrons. The van der Waals surface area contributed by atoms with Crippen molar-refractivity contribution in [2.24, 2.45) is 0 Å². The van der Waals surface area contributed by atoms with E-state index in [1.165, 1.54) is 65.6 Å². The van der Waals surface area contributed by atoms with Gasteiger partial charge in [-0.2, -0.15) is 0 Å². The van der Waals surface area contributed by atoms with E-state index in [1.54, 1.807) is 0 Å². The lowest BCUT2D eigenvalue weighted by atomic mass is 9.38. The number of aromatic nitrogens is 1. The molecule has 4 aromatic carbocycles. The molecule has 0 spiro atoms. The molecule has 0 fully saturated rings. The Morgan fingerprint density at radius 1 is 0.500 bits per heavy atom. The quantitative estimate of drug-likeness (QED) is 0.375. The van der Waals surface area contributed by atoms with Crippen molar-refractivity contribution < 1.29 is 0 Å². The van der Waals surface area contributed by atoms with Gasteiger partial charge in [0.25, 0.3) is 0 Å². The average molecular weight is 325 g/mol. The molecule has 2 aromatic heterocycles. The van der Waals surface area contributed by atoms with Crippen molar-refractivity contribution >= 4 is 61.2 Å². The van der Waals surface area contributed by atoms with Crippen molar-refractivity contribution in [2.45, 2.75) is 0 Å². The summed E-state index contributed by atoms with van der Waals surface area (Å²) >= 11 is 0. The summed E-state index contributed by atoms with van der Waals surface area (Å²) < 4.78 is 2.56. The first kappa shape index (κ1) is 12.2. The Kier molecular flexibility index (Phi) is 1.70. The fourth-order valence-electron chi connectivity index (χ4n) is 5.88. The first-order chi connectivity index (χ1) is 12.9. The monoisotopic (exact) mass is 325 g/mol. The zero-order valence-electron chi connectivity index (χ0n) is 14.0. The van der Waals surface area contributed by atoms with Gasteiger partial charge in [-0.15, -0.1) is 0 Å². The molecule has 0 atom stereocenters. The highest BCUT2D eigenvalue weighted by molar-refractivity contribution is 7.02. The Hall–Kier alpha value is -3.26. The third kappa shape index (κ3) is 1.03. The van der Waals surface area contributed by atoms with Gasteiger partial charge in [0.15, 0.2) is 0 Å². The van der Waals surface area contributed by atoms with Crippen LogP contribution in [0.15, 0.2) is 72.8 Å². The molecule has 2 heteroatoms. The Labute approximate surface area is 149 Å². The van der Waals surface area contributed by atoms with Gasteiger partial charge in [-0.3, -0.25) is 0 Å². The van der Waals surface area contributed by atoms with Crippen LogP contribution in [0.1, 0.15) is 0 Å². The van der Waals surface area contributed by atoms with Crippen molar-refractivity contribution in [1.29, 1.82) is 0 Å². The molecule has 0 unspecified atom stereocenters. The summed E-state index contributed by atoms with van der Waals surface area (Å²) in [5.41, 5.74) is 11.5. The third-order valence-electron chi connectivity index (χ3n) is 6.73. The summed E-state index contributed by atoms with van der Waals surface area (Å²) in [7, 11) is 0. The Morgan fingerprint density at radius 2 is 1.19 bits per heavy atom. The maximum atomic E-state index is 2.56. The van der Waals surface area contributed by atoms with Crippen molar-refractivity contribution in [1.82, 2.24) is 4.40 Å². The molecule has 6 aromatic rings. The molecule has 0 saturated carbocycles. The van der Waals surface area contributed by atoms with Crippen LogP contribution in [-0.2, 0) is 0 Å². The molecule has 0 saturated heterocycles. The van der Waals surface area contributed by atoms with Crippen LogP contribution in [0, 0.1) is 0 Å². The standard InChI is InChI=1S/C24H12BN/c1-2-9-19-13(5-1)14-11-12-18-16-7-3-6-15-17-8-4-10-20-23(17)26(22(15)16)24(18)21(14)25(19)20/h1-12H. The van der Waals surface area contributed by atoms with E-state index < -0.39 is 0 Å².